The topological polar surface area (TPSA) is 49.5 Å². The average molecular weight is 204 g/mol. The van der Waals surface area contributed by atoms with Crippen LogP contribution < -0.4 is 5.73 Å². The fourth-order valence-corrected chi connectivity index (χ4v) is 1.16. The van der Waals surface area contributed by atoms with Gasteiger partial charge < -0.3 is 15.7 Å². The van der Waals surface area contributed by atoms with E-state index in [2.05, 4.69) is 11.8 Å². The monoisotopic (exact) mass is 204 g/mol. The van der Waals surface area contributed by atoms with Crippen LogP contribution in [0.4, 0.5) is 0 Å². The largest absolute Gasteiger partial charge is 0.393 e. The summed E-state index contributed by atoms with van der Waals surface area (Å²) in [5.74, 6) is 0. The van der Waals surface area contributed by atoms with Gasteiger partial charge in [-0.1, -0.05) is 19.1 Å². The minimum atomic E-state index is -0.223. The first kappa shape index (κ1) is 12.8. The van der Waals surface area contributed by atoms with E-state index in [-0.39, 0.29) is 6.10 Å². The van der Waals surface area contributed by atoms with Crippen molar-refractivity contribution in [3.8, 4) is 0 Å². The van der Waals surface area contributed by atoms with Crippen molar-refractivity contribution in [2.45, 2.75) is 32.8 Å². The van der Waals surface area contributed by atoms with E-state index in [0.29, 0.717) is 4.99 Å². The van der Waals surface area contributed by atoms with Gasteiger partial charge in [-0.05, 0) is 19.9 Å². The van der Waals surface area contributed by atoms with Crippen LogP contribution in [-0.4, -0.2) is 40.7 Å². The minimum absolute atomic E-state index is 0.223. The molecule has 0 aromatic carbocycles. The highest BCUT2D eigenvalue weighted by Gasteiger charge is 2.04. The van der Waals surface area contributed by atoms with Gasteiger partial charge >= 0.3 is 0 Å². The first-order valence-electron chi connectivity index (χ1n) is 4.75. The van der Waals surface area contributed by atoms with Gasteiger partial charge in [0.15, 0.2) is 0 Å². The van der Waals surface area contributed by atoms with Crippen molar-refractivity contribution < 1.29 is 5.11 Å². The summed E-state index contributed by atoms with van der Waals surface area (Å²) in [7, 11) is 0. The Morgan fingerprint density at radius 1 is 1.54 bits per heavy atom. The van der Waals surface area contributed by atoms with Crippen molar-refractivity contribution in [1.29, 1.82) is 0 Å². The number of hydrogen-bond donors (Lipinski definition) is 2. The number of nitrogens with zero attached hydrogens (tertiary/aromatic N) is 1. The molecule has 0 aliphatic heterocycles. The van der Waals surface area contributed by atoms with Crippen LogP contribution >= 0.6 is 12.2 Å². The Kier molecular flexibility index (Phi) is 7.13. The maximum atomic E-state index is 9.10. The van der Waals surface area contributed by atoms with Crippen LogP contribution in [0.15, 0.2) is 0 Å². The number of nitrogens with two attached hydrogens (primary N) is 1. The molecule has 0 rings (SSSR count). The van der Waals surface area contributed by atoms with Crippen molar-refractivity contribution in [2.75, 3.05) is 19.6 Å². The minimum Gasteiger partial charge on any atom is -0.393 e. The predicted octanol–water partition coefficient (Wildman–Crippen LogP) is 0.755. The van der Waals surface area contributed by atoms with Gasteiger partial charge in [0, 0.05) is 19.5 Å². The van der Waals surface area contributed by atoms with Crippen molar-refractivity contribution in [1.82, 2.24) is 4.90 Å². The molecule has 0 heterocycles. The number of hydrogen-bond acceptors (Lipinski definition) is 3. The van der Waals surface area contributed by atoms with Gasteiger partial charge in [-0.25, -0.2) is 0 Å². The smallest absolute Gasteiger partial charge is 0.0740 e. The van der Waals surface area contributed by atoms with Gasteiger partial charge in [0.05, 0.1) is 11.1 Å². The number of aliphatic hydroxyl groups excluding tert-OH is 1. The summed E-state index contributed by atoms with van der Waals surface area (Å²) in [6.45, 7) is 6.70. The number of rotatable bonds is 7. The van der Waals surface area contributed by atoms with E-state index in [1.807, 2.05) is 0 Å². The Morgan fingerprint density at radius 3 is 2.54 bits per heavy atom. The number of aliphatic hydroxyl groups is 1. The highest BCUT2D eigenvalue weighted by atomic mass is 32.1. The molecule has 0 aromatic rings. The molecular formula is C9H20N2OS. The SMILES string of the molecule is CCN(CCC(N)=S)CCC(C)O. The molecule has 0 radical (unpaired) electrons. The van der Waals surface area contributed by atoms with Gasteiger partial charge in [0.1, 0.15) is 0 Å². The lowest BCUT2D eigenvalue weighted by Crippen LogP contribution is -2.30. The van der Waals surface area contributed by atoms with Crippen LogP contribution in [0.3, 0.4) is 0 Å². The first-order valence-corrected chi connectivity index (χ1v) is 5.15. The summed E-state index contributed by atoms with van der Waals surface area (Å²) < 4.78 is 0. The molecule has 3 nitrogen and oxygen atoms in total. The average Bonchev–Trinajstić information content (AvgIpc) is 2.04. The molecule has 0 amide bonds. The van der Waals surface area contributed by atoms with E-state index >= 15 is 0 Å². The van der Waals surface area contributed by atoms with E-state index in [9.17, 15) is 0 Å². The Hall–Kier alpha value is -0.190. The first-order chi connectivity index (χ1) is 6.06. The molecule has 0 bridgehead atoms. The summed E-state index contributed by atoms with van der Waals surface area (Å²) in [5.41, 5.74) is 5.41. The van der Waals surface area contributed by atoms with Crippen LogP contribution in [0, 0.1) is 0 Å². The zero-order valence-electron chi connectivity index (χ0n) is 8.49. The Labute approximate surface area is 85.9 Å². The molecule has 0 saturated heterocycles. The zero-order chi connectivity index (χ0) is 10.3. The van der Waals surface area contributed by atoms with Gasteiger partial charge in [-0.2, -0.15) is 0 Å². The maximum absolute atomic E-state index is 9.10. The van der Waals surface area contributed by atoms with E-state index in [1.54, 1.807) is 6.92 Å². The summed E-state index contributed by atoms with van der Waals surface area (Å²) in [6, 6.07) is 0. The van der Waals surface area contributed by atoms with Crippen molar-refractivity contribution in [3.05, 3.63) is 0 Å². The van der Waals surface area contributed by atoms with Crippen molar-refractivity contribution in [3.63, 3.8) is 0 Å². The number of thiocarbonyl (C=S) groups is 1. The third-order valence-corrected chi connectivity index (χ3v) is 2.19. The summed E-state index contributed by atoms with van der Waals surface area (Å²) in [6.07, 6.45) is 1.35. The maximum Gasteiger partial charge on any atom is 0.0740 e. The fraction of sp³-hybridized carbons (Fsp3) is 0.889. The highest BCUT2D eigenvalue weighted by Crippen LogP contribution is 1.97. The van der Waals surface area contributed by atoms with Crippen molar-refractivity contribution in [2.24, 2.45) is 5.73 Å². The molecule has 0 fully saturated rings. The molecule has 0 aliphatic rings. The van der Waals surface area contributed by atoms with E-state index in [0.717, 1.165) is 32.5 Å². The third-order valence-electron chi connectivity index (χ3n) is 1.98. The Bertz CT molecular complexity index is 151. The van der Waals surface area contributed by atoms with Gasteiger partial charge in [-0.3, -0.25) is 0 Å². The summed E-state index contributed by atoms with van der Waals surface area (Å²) in [5, 5.41) is 9.10. The Morgan fingerprint density at radius 2 is 2.15 bits per heavy atom. The van der Waals surface area contributed by atoms with Crippen LogP contribution in [0.25, 0.3) is 0 Å². The molecule has 0 spiro atoms. The van der Waals surface area contributed by atoms with Gasteiger partial charge in [-0.15, -0.1) is 0 Å². The van der Waals surface area contributed by atoms with Gasteiger partial charge in [0.2, 0.25) is 0 Å². The molecule has 13 heavy (non-hydrogen) atoms. The Balaban J connectivity index is 3.57. The zero-order valence-corrected chi connectivity index (χ0v) is 9.31. The third kappa shape index (κ3) is 8.15. The lowest BCUT2D eigenvalue weighted by molar-refractivity contribution is 0.159. The highest BCUT2D eigenvalue weighted by molar-refractivity contribution is 7.80. The molecule has 1 unspecified atom stereocenters. The van der Waals surface area contributed by atoms with Crippen LogP contribution in [0.1, 0.15) is 26.7 Å². The predicted molar refractivity (Wildman–Crippen MR) is 59.8 cm³/mol. The van der Waals surface area contributed by atoms with Gasteiger partial charge in [0.25, 0.3) is 0 Å². The lowest BCUT2D eigenvalue weighted by Gasteiger charge is -2.20. The lowest BCUT2D eigenvalue weighted by atomic mass is 10.2. The second-order valence-corrected chi connectivity index (χ2v) is 3.81. The molecule has 4 heteroatoms. The molecule has 0 aliphatic carbocycles. The normalized spacial score (nSPS) is 13.2. The molecule has 0 saturated carbocycles. The standard InChI is InChI=1S/C9H20N2OS/c1-3-11(6-4-8(2)12)7-5-9(10)13/h8,12H,3-7H2,1-2H3,(H2,10,13). The second kappa shape index (κ2) is 7.24. The fourth-order valence-electron chi connectivity index (χ4n) is 1.07. The summed E-state index contributed by atoms with van der Waals surface area (Å²) in [4.78, 5) is 2.81. The van der Waals surface area contributed by atoms with Crippen molar-refractivity contribution >= 4 is 17.2 Å². The van der Waals surface area contributed by atoms with Crippen LogP contribution in [-0.2, 0) is 0 Å². The molecule has 78 valence electrons. The van der Waals surface area contributed by atoms with Crippen LogP contribution in [0.2, 0.25) is 0 Å². The molecule has 3 N–H and O–H groups in total. The van der Waals surface area contributed by atoms with E-state index in [1.165, 1.54) is 0 Å². The van der Waals surface area contributed by atoms with Crippen LogP contribution in [0.5, 0.6) is 0 Å². The summed E-state index contributed by atoms with van der Waals surface area (Å²) >= 11 is 4.80. The quantitative estimate of drug-likeness (QED) is 0.601. The second-order valence-electron chi connectivity index (χ2n) is 3.29. The van der Waals surface area contributed by atoms with E-state index in [4.69, 9.17) is 23.1 Å². The van der Waals surface area contributed by atoms with E-state index < -0.39 is 0 Å². The molecule has 0 aromatic heterocycles. The molecule has 1 atom stereocenters. The molecular weight excluding hydrogens is 184 g/mol.